The van der Waals surface area contributed by atoms with Gasteiger partial charge in [0.15, 0.2) is 0 Å². The Kier molecular flexibility index (Phi) is 6.16. The van der Waals surface area contributed by atoms with Gasteiger partial charge in [-0.25, -0.2) is 9.59 Å². The van der Waals surface area contributed by atoms with E-state index in [0.29, 0.717) is 32.7 Å². The van der Waals surface area contributed by atoms with Crippen LogP contribution in [0.25, 0.3) is 0 Å². The van der Waals surface area contributed by atoms with Crippen molar-refractivity contribution >= 4 is 12.0 Å². The number of aliphatic hydroxyl groups is 1. The Balaban J connectivity index is 2.01. The molecule has 1 heterocycles. The van der Waals surface area contributed by atoms with Crippen molar-refractivity contribution in [3.63, 3.8) is 0 Å². The summed E-state index contributed by atoms with van der Waals surface area (Å²) in [5, 5.41) is 15.2. The van der Waals surface area contributed by atoms with Crippen LogP contribution in [0.2, 0.25) is 0 Å². The molecule has 0 aromatic heterocycles. The third-order valence-electron chi connectivity index (χ3n) is 2.47. The van der Waals surface area contributed by atoms with Gasteiger partial charge >= 0.3 is 12.0 Å². The Morgan fingerprint density at radius 1 is 1.72 bits per heavy atom. The molecule has 1 atom stereocenters. The molecule has 3 N–H and O–H groups in total. The number of esters is 1. The number of carbonyl (C=O) groups is 2. The van der Waals surface area contributed by atoms with Crippen molar-refractivity contribution in [1.29, 1.82) is 0 Å². The van der Waals surface area contributed by atoms with E-state index in [-0.39, 0.29) is 12.6 Å². The number of nitrogens with zero attached hydrogens (tertiary/aromatic N) is 1. The fraction of sp³-hybridized carbons (Fsp3) is 0.636. The summed E-state index contributed by atoms with van der Waals surface area (Å²) in [7, 11) is 0. The van der Waals surface area contributed by atoms with Gasteiger partial charge in [-0.1, -0.05) is 6.58 Å². The molecule has 2 amide bonds. The Labute approximate surface area is 106 Å². The average molecular weight is 257 g/mol. The van der Waals surface area contributed by atoms with Gasteiger partial charge in [0, 0.05) is 38.8 Å². The second-order valence-electron chi connectivity index (χ2n) is 3.91. The van der Waals surface area contributed by atoms with Crippen LogP contribution in [0.1, 0.15) is 0 Å². The molecular weight excluding hydrogens is 238 g/mol. The smallest absolute Gasteiger partial charge is 0.330 e. The average Bonchev–Trinajstić information content (AvgIpc) is 2.77. The van der Waals surface area contributed by atoms with Crippen molar-refractivity contribution in [2.45, 2.75) is 6.10 Å². The largest absolute Gasteiger partial charge is 0.460 e. The number of rotatable bonds is 8. The highest BCUT2D eigenvalue weighted by Gasteiger charge is 2.18. The molecule has 0 aliphatic carbocycles. The van der Waals surface area contributed by atoms with E-state index in [0.717, 1.165) is 6.08 Å². The number of nitrogens with one attached hydrogen (secondary N) is 2. The van der Waals surface area contributed by atoms with Gasteiger partial charge in [-0.05, 0) is 0 Å². The van der Waals surface area contributed by atoms with Gasteiger partial charge < -0.3 is 25.4 Å². The third kappa shape index (κ3) is 5.15. The number of carbonyl (C=O) groups excluding carboxylic acids is 2. The summed E-state index contributed by atoms with van der Waals surface area (Å²) >= 11 is 0. The molecule has 0 radical (unpaired) electrons. The number of amides is 2. The van der Waals surface area contributed by atoms with Gasteiger partial charge in [0.25, 0.3) is 0 Å². The molecule has 1 unspecified atom stereocenters. The molecule has 1 aliphatic rings. The minimum atomic E-state index is -0.763. The van der Waals surface area contributed by atoms with Crippen molar-refractivity contribution in [1.82, 2.24) is 15.5 Å². The molecule has 0 aromatic rings. The molecule has 1 saturated heterocycles. The maximum Gasteiger partial charge on any atom is 0.330 e. The number of aliphatic hydroxyl groups excluding tert-OH is 1. The van der Waals surface area contributed by atoms with Crippen LogP contribution in [0.3, 0.4) is 0 Å². The highest BCUT2D eigenvalue weighted by atomic mass is 16.5. The monoisotopic (exact) mass is 257 g/mol. The van der Waals surface area contributed by atoms with Crippen molar-refractivity contribution < 1.29 is 19.4 Å². The highest BCUT2D eigenvalue weighted by Crippen LogP contribution is 1.94. The summed E-state index contributed by atoms with van der Waals surface area (Å²) in [4.78, 5) is 23.6. The van der Waals surface area contributed by atoms with E-state index in [1.165, 1.54) is 0 Å². The summed E-state index contributed by atoms with van der Waals surface area (Å²) in [5.41, 5.74) is 0. The van der Waals surface area contributed by atoms with Gasteiger partial charge in [0.2, 0.25) is 0 Å². The van der Waals surface area contributed by atoms with E-state index in [1.54, 1.807) is 4.90 Å². The van der Waals surface area contributed by atoms with Crippen LogP contribution in [-0.2, 0) is 9.53 Å². The molecule has 0 bridgehead atoms. The zero-order valence-corrected chi connectivity index (χ0v) is 10.2. The van der Waals surface area contributed by atoms with E-state index < -0.39 is 12.1 Å². The van der Waals surface area contributed by atoms with Crippen LogP contribution in [-0.4, -0.2) is 67.4 Å². The number of urea groups is 1. The van der Waals surface area contributed by atoms with Crippen molar-refractivity contribution in [3.8, 4) is 0 Å². The first-order valence-corrected chi connectivity index (χ1v) is 5.84. The maximum absolute atomic E-state index is 11.2. The summed E-state index contributed by atoms with van der Waals surface area (Å²) in [6.45, 7) is 6.05. The third-order valence-corrected chi connectivity index (χ3v) is 2.47. The topological polar surface area (TPSA) is 90.9 Å². The molecule has 7 heteroatoms. The van der Waals surface area contributed by atoms with Gasteiger partial charge in [-0.15, -0.1) is 0 Å². The molecule has 18 heavy (non-hydrogen) atoms. The molecule has 1 fully saturated rings. The molecular formula is C11H19N3O4. The second kappa shape index (κ2) is 7.67. The highest BCUT2D eigenvalue weighted by molar-refractivity contribution is 5.81. The summed E-state index contributed by atoms with van der Waals surface area (Å²) < 4.78 is 4.68. The molecule has 1 rings (SSSR count). The first-order valence-electron chi connectivity index (χ1n) is 5.84. The maximum atomic E-state index is 11.2. The molecule has 7 nitrogen and oxygen atoms in total. The predicted octanol–water partition coefficient (Wildman–Crippen LogP) is -1.31. The minimum Gasteiger partial charge on any atom is -0.460 e. The Hall–Kier alpha value is -1.60. The van der Waals surface area contributed by atoms with Gasteiger partial charge in [0.1, 0.15) is 12.7 Å². The Bertz CT molecular complexity index is 309. The Morgan fingerprint density at radius 2 is 2.50 bits per heavy atom. The van der Waals surface area contributed by atoms with E-state index >= 15 is 0 Å². The molecule has 1 aliphatic heterocycles. The molecule has 102 valence electrons. The Morgan fingerprint density at radius 3 is 3.11 bits per heavy atom. The van der Waals surface area contributed by atoms with E-state index in [1.807, 2.05) is 0 Å². The lowest BCUT2D eigenvalue weighted by atomic mass is 10.3. The summed E-state index contributed by atoms with van der Waals surface area (Å²) in [6, 6.07) is -0.0581. The minimum absolute atomic E-state index is 0.0581. The van der Waals surface area contributed by atoms with Crippen molar-refractivity contribution in [2.75, 3.05) is 39.3 Å². The van der Waals surface area contributed by atoms with Crippen LogP contribution in [0, 0.1) is 0 Å². The predicted molar refractivity (Wildman–Crippen MR) is 65.0 cm³/mol. The normalized spacial score (nSPS) is 16.3. The van der Waals surface area contributed by atoms with Crippen LogP contribution in [0.5, 0.6) is 0 Å². The van der Waals surface area contributed by atoms with Crippen LogP contribution in [0.15, 0.2) is 12.7 Å². The quantitative estimate of drug-likeness (QED) is 0.285. The molecule has 0 aromatic carbocycles. The van der Waals surface area contributed by atoms with Crippen LogP contribution in [0.4, 0.5) is 4.79 Å². The van der Waals surface area contributed by atoms with Crippen LogP contribution >= 0.6 is 0 Å². The lowest BCUT2D eigenvalue weighted by Crippen LogP contribution is -2.38. The second-order valence-corrected chi connectivity index (χ2v) is 3.91. The number of hydrogen-bond donors (Lipinski definition) is 3. The first-order chi connectivity index (χ1) is 8.63. The van der Waals surface area contributed by atoms with Gasteiger partial charge in [-0.2, -0.15) is 0 Å². The van der Waals surface area contributed by atoms with Gasteiger partial charge in [-0.3, -0.25) is 0 Å². The van der Waals surface area contributed by atoms with E-state index in [4.69, 9.17) is 0 Å². The zero-order chi connectivity index (χ0) is 13.4. The molecule has 0 saturated carbocycles. The number of hydrogen-bond acceptors (Lipinski definition) is 5. The standard InChI is InChI=1S/C11H19N3O4/c1-2-10(16)18-8-9(15)7-12-3-5-14-6-4-13-11(14)17/h2,9,12,15H,1,3-8H2,(H,13,17). The number of ether oxygens (including phenoxy) is 1. The first kappa shape index (κ1) is 14.5. The fourth-order valence-corrected chi connectivity index (χ4v) is 1.50. The zero-order valence-electron chi connectivity index (χ0n) is 10.2. The van der Waals surface area contributed by atoms with Crippen LogP contribution < -0.4 is 10.6 Å². The lowest BCUT2D eigenvalue weighted by molar-refractivity contribution is -0.140. The van der Waals surface area contributed by atoms with E-state index in [2.05, 4.69) is 21.9 Å². The van der Waals surface area contributed by atoms with Gasteiger partial charge in [0.05, 0.1) is 0 Å². The molecule has 0 spiro atoms. The fourth-order valence-electron chi connectivity index (χ4n) is 1.50. The van der Waals surface area contributed by atoms with Crippen molar-refractivity contribution in [3.05, 3.63) is 12.7 Å². The van der Waals surface area contributed by atoms with E-state index in [9.17, 15) is 14.7 Å². The summed E-state index contributed by atoms with van der Waals surface area (Å²) in [5.74, 6) is -0.553. The van der Waals surface area contributed by atoms with Crippen molar-refractivity contribution in [2.24, 2.45) is 0 Å². The lowest BCUT2D eigenvalue weighted by Gasteiger charge is -2.16. The SMILES string of the molecule is C=CC(=O)OCC(O)CNCCN1CCNC1=O. The summed E-state index contributed by atoms with van der Waals surface area (Å²) in [6.07, 6.45) is 0.285.